The lowest BCUT2D eigenvalue weighted by Gasteiger charge is -2.14. The number of ether oxygens (including phenoxy) is 2. The third-order valence-corrected chi connectivity index (χ3v) is 7.42. The van der Waals surface area contributed by atoms with Crippen LogP contribution in [0.25, 0.3) is 6.08 Å². The summed E-state index contributed by atoms with van der Waals surface area (Å²) in [6, 6.07) is 16.1. The van der Waals surface area contributed by atoms with Gasteiger partial charge in [0, 0.05) is 5.69 Å². The summed E-state index contributed by atoms with van der Waals surface area (Å²) < 4.78 is 11.7. The Morgan fingerprint density at radius 2 is 1.77 bits per heavy atom. The minimum absolute atomic E-state index is 0.214. The van der Waals surface area contributed by atoms with Gasteiger partial charge in [0.05, 0.1) is 21.6 Å². The van der Waals surface area contributed by atoms with Gasteiger partial charge in [0.1, 0.15) is 13.2 Å². The highest BCUT2D eigenvalue weighted by Gasteiger charge is 2.36. The highest BCUT2D eigenvalue weighted by Crippen LogP contribution is 2.35. The number of imide groups is 1. The number of carbonyl (C=O) groups is 3. The fraction of sp³-hybridized carbons (Fsp3) is 0.207. The van der Waals surface area contributed by atoms with E-state index in [2.05, 4.69) is 5.32 Å². The van der Waals surface area contributed by atoms with Crippen LogP contribution in [0, 0.1) is 13.8 Å². The molecule has 3 aromatic carbocycles. The summed E-state index contributed by atoms with van der Waals surface area (Å²) in [5.74, 6) is 0.0147. The highest BCUT2D eigenvalue weighted by atomic mass is 35.5. The zero-order valence-electron chi connectivity index (χ0n) is 21.5. The Balaban J connectivity index is 1.45. The zero-order valence-corrected chi connectivity index (χ0v) is 23.9. The second kappa shape index (κ2) is 12.6. The third-order valence-electron chi connectivity index (χ3n) is 5.78. The van der Waals surface area contributed by atoms with Crippen molar-refractivity contribution in [2.45, 2.75) is 27.4 Å². The van der Waals surface area contributed by atoms with E-state index in [1.54, 1.807) is 42.5 Å². The monoisotopic (exact) mass is 584 g/mol. The van der Waals surface area contributed by atoms with Crippen molar-refractivity contribution in [3.05, 3.63) is 91.8 Å². The number of halogens is 2. The van der Waals surface area contributed by atoms with Crippen LogP contribution in [0.15, 0.2) is 59.5 Å². The van der Waals surface area contributed by atoms with Gasteiger partial charge in [0.2, 0.25) is 5.91 Å². The molecule has 7 nitrogen and oxygen atoms in total. The summed E-state index contributed by atoms with van der Waals surface area (Å²) in [6.07, 6.45) is 1.60. The summed E-state index contributed by atoms with van der Waals surface area (Å²) in [4.78, 5) is 39.3. The molecule has 0 unspecified atom stereocenters. The van der Waals surface area contributed by atoms with Crippen LogP contribution in [0.5, 0.6) is 11.5 Å². The predicted octanol–water partition coefficient (Wildman–Crippen LogP) is 7.26. The Morgan fingerprint density at radius 1 is 0.974 bits per heavy atom. The summed E-state index contributed by atoms with van der Waals surface area (Å²) >= 11 is 12.9. The van der Waals surface area contributed by atoms with Gasteiger partial charge in [-0.25, -0.2) is 0 Å². The molecule has 1 heterocycles. The predicted molar refractivity (Wildman–Crippen MR) is 156 cm³/mol. The number of benzene rings is 3. The van der Waals surface area contributed by atoms with E-state index in [-0.39, 0.29) is 18.1 Å². The number of aryl methyl sites for hydroxylation is 2. The topological polar surface area (TPSA) is 84.9 Å². The van der Waals surface area contributed by atoms with Crippen molar-refractivity contribution in [2.75, 3.05) is 18.5 Å². The van der Waals surface area contributed by atoms with E-state index in [0.717, 1.165) is 33.4 Å². The van der Waals surface area contributed by atoms with Crippen LogP contribution in [0.4, 0.5) is 10.5 Å². The fourth-order valence-electron chi connectivity index (χ4n) is 3.87. The molecular formula is C29H26Cl2N2O5S. The Bertz CT molecular complexity index is 1470. The first-order valence-corrected chi connectivity index (χ1v) is 13.7. The lowest BCUT2D eigenvalue weighted by molar-refractivity contribution is -0.127. The lowest BCUT2D eigenvalue weighted by atomic mass is 10.1. The zero-order chi connectivity index (χ0) is 28.1. The molecule has 0 aliphatic carbocycles. The summed E-state index contributed by atoms with van der Waals surface area (Å²) in [5.41, 5.74) is 4.08. The molecule has 0 atom stereocenters. The normalized spacial score (nSPS) is 14.2. The number of hydrogen-bond donors (Lipinski definition) is 1. The van der Waals surface area contributed by atoms with Crippen LogP contribution in [0.1, 0.15) is 29.2 Å². The molecule has 39 heavy (non-hydrogen) atoms. The van der Waals surface area contributed by atoms with Crippen LogP contribution < -0.4 is 14.8 Å². The molecule has 0 bridgehead atoms. The first-order valence-electron chi connectivity index (χ1n) is 12.1. The quantitative estimate of drug-likeness (QED) is 0.266. The van der Waals surface area contributed by atoms with Crippen molar-refractivity contribution < 1.29 is 23.9 Å². The molecule has 1 fully saturated rings. The minimum atomic E-state index is -0.529. The van der Waals surface area contributed by atoms with Gasteiger partial charge in [-0.2, -0.15) is 0 Å². The Hall–Kier alpha value is -3.46. The Kier molecular flexibility index (Phi) is 9.22. The van der Waals surface area contributed by atoms with Crippen LogP contribution in [0.2, 0.25) is 10.0 Å². The van der Waals surface area contributed by atoms with E-state index in [9.17, 15) is 14.4 Å². The first kappa shape index (κ1) is 28.5. The highest BCUT2D eigenvalue weighted by molar-refractivity contribution is 8.18. The van der Waals surface area contributed by atoms with Gasteiger partial charge in [-0.1, -0.05) is 53.0 Å². The van der Waals surface area contributed by atoms with Crippen LogP contribution in [-0.2, 0) is 16.2 Å². The van der Waals surface area contributed by atoms with Crippen molar-refractivity contribution in [1.29, 1.82) is 0 Å². The number of nitrogens with one attached hydrogen (secondary N) is 1. The maximum absolute atomic E-state index is 13.0. The first-order chi connectivity index (χ1) is 18.6. The minimum Gasteiger partial charge on any atom is -0.490 e. The molecule has 1 N–H and O–H groups in total. The Labute approximate surface area is 241 Å². The molecule has 1 aliphatic rings. The lowest BCUT2D eigenvalue weighted by Crippen LogP contribution is -2.36. The van der Waals surface area contributed by atoms with Gasteiger partial charge in [-0.15, -0.1) is 0 Å². The number of thioether (sulfide) groups is 1. The third kappa shape index (κ3) is 7.15. The van der Waals surface area contributed by atoms with E-state index in [0.29, 0.717) is 39.4 Å². The van der Waals surface area contributed by atoms with Gasteiger partial charge in [0.25, 0.3) is 11.1 Å². The second-order valence-corrected chi connectivity index (χ2v) is 10.6. The molecule has 3 amide bonds. The molecule has 4 rings (SSSR count). The number of amides is 3. The van der Waals surface area contributed by atoms with E-state index < -0.39 is 17.1 Å². The van der Waals surface area contributed by atoms with Crippen molar-refractivity contribution in [3.63, 3.8) is 0 Å². The van der Waals surface area contributed by atoms with Crippen LogP contribution >= 0.6 is 35.0 Å². The smallest absolute Gasteiger partial charge is 0.294 e. The standard InChI is InChI=1S/C29H26Cl2N2O5S/c1-4-37-25-13-19(7-10-24(25)38-16-20-6-8-21(30)22(31)12-20)14-26-28(35)33(29(36)39-26)15-27(34)32-23-9-5-17(2)11-18(23)3/h5-14H,4,15-16H2,1-3H3,(H,32,34)/b26-14+. The molecule has 0 radical (unpaired) electrons. The van der Waals surface area contributed by atoms with Gasteiger partial charge in [-0.3, -0.25) is 19.3 Å². The molecule has 0 spiro atoms. The van der Waals surface area contributed by atoms with Crippen LogP contribution in [-0.4, -0.2) is 35.1 Å². The second-order valence-electron chi connectivity index (χ2n) is 8.81. The number of anilines is 1. The molecular weight excluding hydrogens is 559 g/mol. The number of nitrogens with zero attached hydrogens (tertiary/aromatic N) is 1. The maximum atomic E-state index is 13.0. The Morgan fingerprint density at radius 3 is 2.49 bits per heavy atom. The molecule has 1 aliphatic heterocycles. The molecule has 10 heteroatoms. The van der Waals surface area contributed by atoms with Crippen molar-refractivity contribution in [1.82, 2.24) is 4.90 Å². The number of rotatable bonds is 9. The molecule has 202 valence electrons. The average molecular weight is 586 g/mol. The van der Waals surface area contributed by atoms with Gasteiger partial charge in [-0.05, 0) is 85.6 Å². The average Bonchev–Trinajstić information content (AvgIpc) is 3.14. The van der Waals surface area contributed by atoms with Gasteiger partial charge < -0.3 is 14.8 Å². The molecule has 1 saturated heterocycles. The largest absolute Gasteiger partial charge is 0.490 e. The maximum Gasteiger partial charge on any atom is 0.294 e. The van der Waals surface area contributed by atoms with E-state index >= 15 is 0 Å². The molecule has 0 saturated carbocycles. The van der Waals surface area contributed by atoms with E-state index in [1.807, 2.05) is 39.0 Å². The van der Waals surface area contributed by atoms with E-state index in [1.165, 1.54) is 0 Å². The number of hydrogen-bond acceptors (Lipinski definition) is 6. The molecule has 0 aromatic heterocycles. The number of carbonyl (C=O) groups excluding carboxylic acids is 3. The summed E-state index contributed by atoms with van der Waals surface area (Å²) in [7, 11) is 0. The van der Waals surface area contributed by atoms with E-state index in [4.69, 9.17) is 32.7 Å². The van der Waals surface area contributed by atoms with Crippen molar-refractivity contribution in [3.8, 4) is 11.5 Å². The van der Waals surface area contributed by atoms with Crippen molar-refractivity contribution in [2.24, 2.45) is 0 Å². The fourth-order valence-corrected chi connectivity index (χ4v) is 5.03. The van der Waals surface area contributed by atoms with Crippen LogP contribution in [0.3, 0.4) is 0 Å². The van der Waals surface area contributed by atoms with Crippen molar-refractivity contribution >= 4 is 63.8 Å². The SMILES string of the molecule is CCOc1cc(/C=C2/SC(=O)N(CC(=O)Nc3ccc(C)cc3C)C2=O)ccc1OCc1ccc(Cl)c(Cl)c1. The van der Waals surface area contributed by atoms with Gasteiger partial charge >= 0.3 is 0 Å². The summed E-state index contributed by atoms with van der Waals surface area (Å²) in [6.45, 7) is 5.97. The molecule has 3 aromatic rings. The summed E-state index contributed by atoms with van der Waals surface area (Å²) in [5, 5.41) is 3.17. The van der Waals surface area contributed by atoms with Gasteiger partial charge in [0.15, 0.2) is 11.5 Å².